The average Bonchev–Trinajstić information content (AvgIpc) is 2.37. The first kappa shape index (κ1) is 13.3. The molecule has 19 heavy (non-hydrogen) atoms. The van der Waals surface area contributed by atoms with Crippen molar-refractivity contribution in [2.24, 2.45) is 0 Å². The monoisotopic (exact) mass is 268 g/mol. The summed E-state index contributed by atoms with van der Waals surface area (Å²) < 4.78 is 38.1. The highest BCUT2D eigenvalue weighted by Crippen LogP contribution is 2.29. The maximum Gasteiger partial charge on any atom is 0.451 e. The third-order valence-electron chi connectivity index (χ3n) is 2.43. The molecule has 0 aliphatic rings. The predicted molar refractivity (Wildman–Crippen MR) is 64.5 cm³/mol. The normalized spacial score (nSPS) is 11.4. The van der Waals surface area contributed by atoms with E-state index in [1.165, 1.54) is 19.3 Å². The van der Waals surface area contributed by atoms with Crippen molar-refractivity contribution in [3.8, 4) is 11.3 Å². The molecular weight excluding hydrogens is 257 g/mol. The molecule has 2 aromatic rings. The third-order valence-corrected chi connectivity index (χ3v) is 2.43. The summed E-state index contributed by atoms with van der Waals surface area (Å²) in [5.41, 5.74) is 1.48. The number of anilines is 1. The summed E-state index contributed by atoms with van der Waals surface area (Å²) >= 11 is 0. The van der Waals surface area contributed by atoms with Gasteiger partial charge < -0.3 is 5.32 Å². The Morgan fingerprint density at radius 3 is 2.47 bits per heavy atom. The highest BCUT2D eigenvalue weighted by atomic mass is 19.4. The summed E-state index contributed by atoms with van der Waals surface area (Å²) in [6, 6.07) is 4.74. The molecule has 0 atom stereocenters. The number of nitrogens with one attached hydrogen (secondary N) is 1. The highest BCUT2D eigenvalue weighted by Gasteiger charge is 2.35. The van der Waals surface area contributed by atoms with Crippen molar-refractivity contribution in [1.29, 1.82) is 0 Å². The molecule has 0 aromatic carbocycles. The lowest BCUT2D eigenvalue weighted by Crippen LogP contribution is -2.13. The van der Waals surface area contributed by atoms with Gasteiger partial charge >= 0.3 is 6.18 Å². The van der Waals surface area contributed by atoms with Gasteiger partial charge in [0.15, 0.2) is 0 Å². The van der Waals surface area contributed by atoms with Crippen LogP contribution in [0.5, 0.6) is 0 Å². The Bertz CT molecular complexity index is 596. The van der Waals surface area contributed by atoms with Gasteiger partial charge in [-0.25, -0.2) is 9.97 Å². The van der Waals surface area contributed by atoms with Crippen molar-refractivity contribution in [3.05, 3.63) is 35.9 Å². The summed E-state index contributed by atoms with van der Waals surface area (Å²) in [5.74, 6) is -1.05. The van der Waals surface area contributed by atoms with Crippen LogP contribution in [0.3, 0.4) is 0 Å². The number of pyridine rings is 1. The lowest BCUT2D eigenvalue weighted by atomic mass is 10.1. The molecule has 2 aromatic heterocycles. The zero-order valence-corrected chi connectivity index (χ0v) is 10.3. The summed E-state index contributed by atoms with van der Waals surface area (Å²) in [7, 11) is 1.50. The molecule has 2 heterocycles. The SMILES string of the molecule is CNc1cc(-c2ccnc(C)c2)nc(C(F)(F)F)n1. The molecule has 7 heteroatoms. The Hall–Kier alpha value is -2.18. The number of nitrogens with zero attached hydrogens (tertiary/aromatic N) is 3. The molecule has 0 amide bonds. The summed E-state index contributed by atoms with van der Waals surface area (Å²) in [6.07, 6.45) is -3.05. The van der Waals surface area contributed by atoms with Gasteiger partial charge in [-0.05, 0) is 19.1 Å². The number of hydrogen-bond acceptors (Lipinski definition) is 4. The van der Waals surface area contributed by atoms with E-state index in [0.717, 1.165) is 0 Å². The number of hydrogen-bond donors (Lipinski definition) is 1. The second-order valence-electron chi connectivity index (χ2n) is 3.90. The van der Waals surface area contributed by atoms with Crippen LogP contribution in [0.2, 0.25) is 0 Å². The molecule has 1 N–H and O–H groups in total. The van der Waals surface area contributed by atoms with Gasteiger partial charge in [-0.1, -0.05) is 0 Å². The van der Waals surface area contributed by atoms with E-state index in [4.69, 9.17) is 0 Å². The Kier molecular flexibility index (Phi) is 3.37. The molecule has 0 radical (unpaired) electrons. The van der Waals surface area contributed by atoms with Gasteiger partial charge in [0.1, 0.15) is 5.82 Å². The minimum atomic E-state index is -4.58. The Morgan fingerprint density at radius 2 is 1.89 bits per heavy atom. The van der Waals surface area contributed by atoms with Crippen LogP contribution in [0.4, 0.5) is 19.0 Å². The Morgan fingerprint density at radius 1 is 1.16 bits per heavy atom. The van der Waals surface area contributed by atoms with Crippen LogP contribution < -0.4 is 5.32 Å². The topological polar surface area (TPSA) is 50.7 Å². The minimum absolute atomic E-state index is 0.117. The van der Waals surface area contributed by atoms with Crippen LogP contribution in [0.25, 0.3) is 11.3 Å². The summed E-state index contributed by atoms with van der Waals surface area (Å²) in [5, 5.41) is 2.60. The van der Waals surface area contributed by atoms with Crippen molar-refractivity contribution in [2.75, 3.05) is 12.4 Å². The first-order valence-electron chi connectivity index (χ1n) is 5.47. The fourth-order valence-electron chi connectivity index (χ4n) is 1.55. The number of alkyl halides is 3. The molecular formula is C12H11F3N4. The first-order valence-corrected chi connectivity index (χ1v) is 5.47. The molecule has 0 bridgehead atoms. The molecule has 0 fully saturated rings. The molecule has 4 nitrogen and oxygen atoms in total. The van der Waals surface area contributed by atoms with Gasteiger partial charge in [0.25, 0.3) is 0 Å². The van der Waals surface area contributed by atoms with E-state index in [2.05, 4.69) is 20.3 Å². The summed E-state index contributed by atoms with van der Waals surface area (Å²) in [6.45, 7) is 1.76. The smallest absolute Gasteiger partial charge is 0.373 e. The van der Waals surface area contributed by atoms with Crippen LogP contribution >= 0.6 is 0 Å². The van der Waals surface area contributed by atoms with Crippen LogP contribution in [0.1, 0.15) is 11.5 Å². The molecule has 2 rings (SSSR count). The van der Waals surface area contributed by atoms with E-state index in [0.29, 0.717) is 11.3 Å². The zero-order valence-electron chi connectivity index (χ0n) is 10.3. The van der Waals surface area contributed by atoms with Crippen LogP contribution in [0.15, 0.2) is 24.4 Å². The fraction of sp³-hybridized carbons (Fsp3) is 0.250. The van der Waals surface area contributed by atoms with E-state index in [9.17, 15) is 13.2 Å². The van der Waals surface area contributed by atoms with E-state index >= 15 is 0 Å². The van der Waals surface area contributed by atoms with Gasteiger partial charge in [0.05, 0.1) is 5.69 Å². The lowest BCUT2D eigenvalue weighted by molar-refractivity contribution is -0.144. The molecule has 0 spiro atoms. The van der Waals surface area contributed by atoms with Gasteiger partial charge in [-0.3, -0.25) is 4.98 Å². The third kappa shape index (κ3) is 2.98. The van der Waals surface area contributed by atoms with Gasteiger partial charge in [0, 0.05) is 30.6 Å². The summed E-state index contributed by atoms with van der Waals surface area (Å²) in [4.78, 5) is 11.0. The molecule has 0 aliphatic heterocycles. The van der Waals surface area contributed by atoms with E-state index in [1.807, 2.05) is 0 Å². The Labute approximate surface area is 107 Å². The zero-order chi connectivity index (χ0) is 14.0. The van der Waals surface area contributed by atoms with Gasteiger partial charge in [-0.2, -0.15) is 13.2 Å². The van der Waals surface area contributed by atoms with Crippen LogP contribution in [-0.4, -0.2) is 22.0 Å². The minimum Gasteiger partial charge on any atom is -0.373 e. The average molecular weight is 268 g/mol. The van der Waals surface area contributed by atoms with Crippen molar-refractivity contribution in [2.45, 2.75) is 13.1 Å². The molecule has 0 saturated carbocycles. The first-order chi connectivity index (χ1) is 8.90. The molecule has 0 unspecified atom stereocenters. The van der Waals surface area contributed by atoms with Crippen molar-refractivity contribution in [3.63, 3.8) is 0 Å². The van der Waals surface area contributed by atoms with Crippen LogP contribution in [-0.2, 0) is 6.18 Å². The maximum atomic E-state index is 12.7. The highest BCUT2D eigenvalue weighted by molar-refractivity contribution is 5.62. The fourth-order valence-corrected chi connectivity index (χ4v) is 1.55. The molecule has 0 aliphatic carbocycles. The van der Waals surface area contributed by atoms with Gasteiger partial charge in [0.2, 0.25) is 5.82 Å². The van der Waals surface area contributed by atoms with E-state index in [-0.39, 0.29) is 11.5 Å². The van der Waals surface area contributed by atoms with Crippen LogP contribution in [0, 0.1) is 6.92 Å². The lowest BCUT2D eigenvalue weighted by Gasteiger charge is -2.10. The van der Waals surface area contributed by atoms with Crippen molar-refractivity contribution in [1.82, 2.24) is 15.0 Å². The standard InChI is InChI=1S/C12H11F3N4/c1-7-5-8(3-4-17-7)9-6-10(16-2)19-11(18-9)12(13,14)15/h3-6H,1-2H3,(H,16,18,19). The second-order valence-corrected chi connectivity index (χ2v) is 3.90. The maximum absolute atomic E-state index is 12.7. The number of aryl methyl sites for hydroxylation is 1. The predicted octanol–water partition coefficient (Wildman–Crippen LogP) is 2.91. The van der Waals surface area contributed by atoms with Crippen molar-refractivity contribution < 1.29 is 13.2 Å². The van der Waals surface area contributed by atoms with E-state index < -0.39 is 12.0 Å². The largest absolute Gasteiger partial charge is 0.451 e. The van der Waals surface area contributed by atoms with Crippen molar-refractivity contribution >= 4 is 5.82 Å². The van der Waals surface area contributed by atoms with E-state index in [1.54, 1.807) is 19.1 Å². The number of halogens is 3. The quantitative estimate of drug-likeness (QED) is 0.909. The molecule has 0 saturated heterocycles. The number of rotatable bonds is 2. The molecule has 100 valence electrons. The van der Waals surface area contributed by atoms with Gasteiger partial charge in [-0.15, -0.1) is 0 Å². The number of aromatic nitrogens is 3. The Balaban J connectivity index is 2.57. The second kappa shape index (κ2) is 4.83.